The van der Waals surface area contributed by atoms with E-state index in [1.807, 2.05) is 56.3 Å². The molecular formula is C14H18BrNO. The van der Waals surface area contributed by atoms with Crippen LogP contribution in [0.3, 0.4) is 0 Å². The predicted octanol–water partition coefficient (Wildman–Crippen LogP) is 3.23. The van der Waals surface area contributed by atoms with Gasteiger partial charge in [-0.15, -0.1) is 0 Å². The van der Waals surface area contributed by atoms with E-state index in [-0.39, 0.29) is 11.7 Å². The normalized spacial score (nSPS) is 13.2. The second kappa shape index (κ2) is 6.72. The van der Waals surface area contributed by atoms with E-state index in [1.54, 1.807) is 6.08 Å². The summed E-state index contributed by atoms with van der Waals surface area (Å²) in [5, 5.41) is 0. The lowest BCUT2D eigenvalue weighted by Gasteiger charge is -2.13. The molecule has 0 heterocycles. The number of allylic oxidation sites excluding steroid dienone is 1. The number of hydrogen-bond acceptors (Lipinski definition) is 2. The highest BCUT2D eigenvalue weighted by Crippen LogP contribution is 2.12. The van der Waals surface area contributed by atoms with E-state index in [9.17, 15) is 4.79 Å². The van der Waals surface area contributed by atoms with E-state index >= 15 is 0 Å². The fourth-order valence-corrected chi connectivity index (χ4v) is 1.82. The third kappa shape index (κ3) is 5.29. The summed E-state index contributed by atoms with van der Waals surface area (Å²) in [4.78, 5) is 13.8. The maximum absolute atomic E-state index is 11.8. The highest BCUT2D eigenvalue weighted by molar-refractivity contribution is 9.10. The summed E-state index contributed by atoms with van der Waals surface area (Å²) in [6, 6.07) is 7.88. The highest BCUT2D eigenvalue weighted by Gasteiger charge is 2.10. The SMILES string of the molecule is CC(CN(C)C)C(=O)/C=C/c1ccc(Br)cc1. The Morgan fingerprint density at radius 1 is 1.35 bits per heavy atom. The Bertz CT molecular complexity index is 395. The van der Waals surface area contributed by atoms with Gasteiger partial charge in [0.15, 0.2) is 5.78 Å². The van der Waals surface area contributed by atoms with Gasteiger partial charge in [-0.05, 0) is 37.9 Å². The van der Waals surface area contributed by atoms with Crippen LogP contribution in [0.1, 0.15) is 12.5 Å². The molecule has 0 spiro atoms. The van der Waals surface area contributed by atoms with Crippen molar-refractivity contribution in [2.75, 3.05) is 20.6 Å². The summed E-state index contributed by atoms with van der Waals surface area (Å²) in [5.74, 6) is 0.207. The first-order valence-electron chi connectivity index (χ1n) is 5.61. The fourth-order valence-electron chi connectivity index (χ4n) is 1.55. The molecule has 0 aliphatic heterocycles. The third-order valence-corrected chi connectivity index (χ3v) is 2.96. The lowest BCUT2D eigenvalue weighted by atomic mass is 10.0. The monoisotopic (exact) mass is 295 g/mol. The molecule has 0 amide bonds. The molecule has 1 atom stereocenters. The molecule has 1 rings (SSSR count). The van der Waals surface area contributed by atoms with Crippen molar-refractivity contribution in [1.29, 1.82) is 0 Å². The van der Waals surface area contributed by atoms with Gasteiger partial charge < -0.3 is 4.90 Å². The van der Waals surface area contributed by atoms with Crippen molar-refractivity contribution in [2.45, 2.75) is 6.92 Å². The van der Waals surface area contributed by atoms with Crippen LogP contribution < -0.4 is 0 Å². The van der Waals surface area contributed by atoms with Crippen LogP contribution in [0, 0.1) is 5.92 Å². The molecule has 0 fully saturated rings. The topological polar surface area (TPSA) is 20.3 Å². The second-order valence-electron chi connectivity index (χ2n) is 4.45. The Labute approximate surface area is 111 Å². The zero-order valence-corrected chi connectivity index (χ0v) is 12.1. The van der Waals surface area contributed by atoms with Gasteiger partial charge in [0.05, 0.1) is 0 Å². The summed E-state index contributed by atoms with van der Waals surface area (Å²) in [6.07, 6.45) is 3.53. The Hall–Kier alpha value is -0.930. The molecule has 0 radical (unpaired) electrons. The van der Waals surface area contributed by atoms with Gasteiger partial charge in [-0.2, -0.15) is 0 Å². The molecule has 2 nitrogen and oxygen atoms in total. The fraction of sp³-hybridized carbons (Fsp3) is 0.357. The first kappa shape index (κ1) is 14.1. The maximum atomic E-state index is 11.8. The van der Waals surface area contributed by atoms with E-state index in [1.165, 1.54) is 0 Å². The van der Waals surface area contributed by atoms with Gasteiger partial charge in [-0.1, -0.05) is 41.1 Å². The predicted molar refractivity (Wildman–Crippen MR) is 75.9 cm³/mol. The molecule has 0 N–H and O–H groups in total. The number of rotatable bonds is 5. The van der Waals surface area contributed by atoms with Crippen LogP contribution in [0.4, 0.5) is 0 Å². The molecule has 17 heavy (non-hydrogen) atoms. The van der Waals surface area contributed by atoms with E-state index in [2.05, 4.69) is 15.9 Å². The third-order valence-electron chi connectivity index (χ3n) is 2.43. The first-order chi connectivity index (χ1) is 7.99. The zero-order chi connectivity index (χ0) is 12.8. The van der Waals surface area contributed by atoms with Gasteiger partial charge in [-0.3, -0.25) is 4.79 Å². The van der Waals surface area contributed by atoms with Crippen LogP contribution in [-0.2, 0) is 4.79 Å². The average molecular weight is 296 g/mol. The molecule has 0 saturated carbocycles. The lowest BCUT2D eigenvalue weighted by Crippen LogP contribution is -2.24. The van der Waals surface area contributed by atoms with Crippen LogP contribution in [0.2, 0.25) is 0 Å². The van der Waals surface area contributed by atoms with Crippen LogP contribution in [-0.4, -0.2) is 31.3 Å². The van der Waals surface area contributed by atoms with Crippen molar-refractivity contribution in [1.82, 2.24) is 4.90 Å². The van der Waals surface area contributed by atoms with Gasteiger partial charge >= 0.3 is 0 Å². The van der Waals surface area contributed by atoms with Gasteiger partial charge in [0.2, 0.25) is 0 Å². The van der Waals surface area contributed by atoms with Crippen LogP contribution in [0.25, 0.3) is 6.08 Å². The molecule has 1 unspecified atom stereocenters. The van der Waals surface area contributed by atoms with Gasteiger partial charge in [0, 0.05) is 16.9 Å². The number of carbonyl (C=O) groups excluding carboxylic acids is 1. The van der Waals surface area contributed by atoms with Crippen LogP contribution in [0.15, 0.2) is 34.8 Å². The van der Waals surface area contributed by atoms with Gasteiger partial charge in [0.1, 0.15) is 0 Å². The molecule has 1 aromatic rings. The van der Waals surface area contributed by atoms with Crippen molar-refractivity contribution in [3.8, 4) is 0 Å². The van der Waals surface area contributed by atoms with Crippen molar-refractivity contribution >= 4 is 27.8 Å². The number of hydrogen-bond donors (Lipinski definition) is 0. The quantitative estimate of drug-likeness (QED) is 0.778. The Morgan fingerprint density at radius 2 is 1.94 bits per heavy atom. The second-order valence-corrected chi connectivity index (χ2v) is 5.37. The summed E-state index contributed by atoms with van der Waals surface area (Å²) >= 11 is 3.38. The minimum Gasteiger partial charge on any atom is -0.309 e. The van der Waals surface area contributed by atoms with Gasteiger partial charge in [-0.25, -0.2) is 0 Å². The minimum atomic E-state index is 0.0386. The Morgan fingerprint density at radius 3 is 2.47 bits per heavy atom. The maximum Gasteiger partial charge on any atom is 0.159 e. The number of carbonyl (C=O) groups is 1. The molecule has 1 aromatic carbocycles. The zero-order valence-electron chi connectivity index (χ0n) is 10.5. The summed E-state index contributed by atoms with van der Waals surface area (Å²) in [7, 11) is 3.95. The van der Waals surface area contributed by atoms with Crippen molar-refractivity contribution in [3.05, 3.63) is 40.4 Å². The van der Waals surface area contributed by atoms with E-state index < -0.39 is 0 Å². The summed E-state index contributed by atoms with van der Waals surface area (Å²) in [5.41, 5.74) is 1.04. The van der Waals surface area contributed by atoms with Crippen LogP contribution in [0.5, 0.6) is 0 Å². The molecule has 3 heteroatoms. The van der Waals surface area contributed by atoms with Crippen LogP contribution >= 0.6 is 15.9 Å². The largest absolute Gasteiger partial charge is 0.309 e. The molecular weight excluding hydrogens is 278 g/mol. The lowest BCUT2D eigenvalue weighted by molar-refractivity contribution is -0.118. The van der Waals surface area contributed by atoms with E-state index in [0.29, 0.717) is 0 Å². The van der Waals surface area contributed by atoms with Crippen molar-refractivity contribution < 1.29 is 4.79 Å². The summed E-state index contributed by atoms with van der Waals surface area (Å²) in [6.45, 7) is 2.73. The molecule has 0 bridgehead atoms. The summed E-state index contributed by atoms with van der Waals surface area (Å²) < 4.78 is 1.04. The highest BCUT2D eigenvalue weighted by atomic mass is 79.9. The Kier molecular flexibility index (Phi) is 5.59. The first-order valence-corrected chi connectivity index (χ1v) is 6.40. The standard InChI is InChI=1S/C14H18BrNO/c1-11(10-16(2)3)14(17)9-6-12-4-7-13(15)8-5-12/h4-9,11H,10H2,1-3H3/b9-6+. The van der Waals surface area contributed by atoms with Crippen molar-refractivity contribution in [2.24, 2.45) is 5.92 Å². The number of halogens is 1. The average Bonchev–Trinajstić information content (AvgIpc) is 2.27. The molecule has 0 aliphatic carbocycles. The molecule has 0 saturated heterocycles. The van der Waals surface area contributed by atoms with E-state index in [4.69, 9.17) is 0 Å². The smallest absolute Gasteiger partial charge is 0.159 e. The number of ketones is 1. The Balaban J connectivity index is 2.58. The van der Waals surface area contributed by atoms with E-state index in [0.717, 1.165) is 16.6 Å². The minimum absolute atomic E-state index is 0.0386. The molecule has 0 aromatic heterocycles. The number of benzene rings is 1. The number of nitrogens with zero attached hydrogens (tertiary/aromatic N) is 1. The van der Waals surface area contributed by atoms with Gasteiger partial charge in [0.25, 0.3) is 0 Å². The van der Waals surface area contributed by atoms with Crippen molar-refractivity contribution in [3.63, 3.8) is 0 Å². The molecule has 92 valence electrons. The molecule has 0 aliphatic rings.